The average Bonchev–Trinajstić information content (AvgIpc) is 2.54. The second-order valence-corrected chi connectivity index (χ2v) is 3.93. The van der Waals surface area contributed by atoms with Crippen LogP contribution in [0.4, 0.5) is 0 Å². The fourth-order valence-electron chi connectivity index (χ4n) is 1.74. The van der Waals surface area contributed by atoms with Crippen LogP contribution in [-0.2, 0) is 0 Å². The van der Waals surface area contributed by atoms with Crippen LogP contribution < -0.4 is 19.9 Å². The van der Waals surface area contributed by atoms with Crippen molar-refractivity contribution in [3.63, 3.8) is 0 Å². The Kier molecular flexibility index (Phi) is 4.45. The molecule has 0 unspecified atom stereocenters. The van der Waals surface area contributed by atoms with Crippen LogP contribution in [0.25, 0.3) is 0 Å². The zero-order valence-electron chi connectivity index (χ0n) is 11.6. The zero-order chi connectivity index (χ0) is 15.2. The van der Waals surface area contributed by atoms with Crippen LogP contribution in [0.5, 0.6) is 23.0 Å². The smallest absolute Gasteiger partial charge is 0.211 e. The summed E-state index contributed by atoms with van der Waals surface area (Å²) in [5.41, 5.74) is 5.80. The van der Waals surface area contributed by atoms with Gasteiger partial charge in [-0.2, -0.15) is 0 Å². The molecule has 7 heteroatoms. The van der Waals surface area contributed by atoms with E-state index in [0.29, 0.717) is 23.0 Å². The Bertz CT molecular complexity index is 636. The zero-order valence-corrected chi connectivity index (χ0v) is 11.6. The summed E-state index contributed by atoms with van der Waals surface area (Å²) < 4.78 is 16.3. The second-order valence-electron chi connectivity index (χ2n) is 3.93. The average molecular weight is 289 g/mol. The van der Waals surface area contributed by atoms with Gasteiger partial charge in [0.1, 0.15) is 0 Å². The number of rotatable bonds is 5. The fourth-order valence-corrected chi connectivity index (χ4v) is 1.74. The monoisotopic (exact) mass is 289 g/mol. The van der Waals surface area contributed by atoms with E-state index in [4.69, 9.17) is 25.2 Å². The summed E-state index contributed by atoms with van der Waals surface area (Å²) in [6.45, 7) is 0. The Morgan fingerprint density at radius 3 is 2.29 bits per heavy atom. The van der Waals surface area contributed by atoms with E-state index in [1.165, 1.54) is 20.4 Å². The number of amidine groups is 1. The van der Waals surface area contributed by atoms with Gasteiger partial charge in [0.2, 0.25) is 5.75 Å². The molecule has 0 saturated heterocycles. The summed E-state index contributed by atoms with van der Waals surface area (Å²) in [6.07, 6.45) is 1.51. The first-order valence-corrected chi connectivity index (χ1v) is 6.03. The van der Waals surface area contributed by atoms with Crippen molar-refractivity contribution in [3.8, 4) is 23.0 Å². The van der Waals surface area contributed by atoms with Crippen molar-refractivity contribution >= 4 is 5.84 Å². The summed E-state index contributed by atoms with van der Waals surface area (Å²) in [4.78, 5) is 4.03. The molecule has 1 aromatic carbocycles. The number of nitrogens with zero attached hydrogens (tertiary/aromatic N) is 2. The molecule has 2 aromatic rings. The Morgan fingerprint density at radius 2 is 1.71 bits per heavy atom. The summed E-state index contributed by atoms with van der Waals surface area (Å²) in [5.74, 6) is 1.52. The molecule has 0 aliphatic heterocycles. The van der Waals surface area contributed by atoms with Gasteiger partial charge in [-0.05, 0) is 24.3 Å². The predicted molar refractivity (Wildman–Crippen MR) is 76.4 cm³/mol. The maximum Gasteiger partial charge on any atom is 0.211 e. The van der Waals surface area contributed by atoms with Gasteiger partial charge in [0, 0.05) is 6.20 Å². The summed E-state index contributed by atoms with van der Waals surface area (Å²) >= 11 is 0. The summed E-state index contributed by atoms with van der Waals surface area (Å²) in [6, 6.07) is 8.56. The number of ether oxygens (including phenoxy) is 3. The van der Waals surface area contributed by atoms with E-state index in [-0.39, 0.29) is 11.5 Å². The van der Waals surface area contributed by atoms with Crippen LogP contribution in [0.2, 0.25) is 0 Å². The molecular weight excluding hydrogens is 274 g/mol. The number of hydrogen-bond acceptors (Lipinski definition) is 6. The molecule has 7 nitrogen and oxygen atoms in total. The van der Waals surface area contributed by atoms with Crippen molar-refractivity contribution in [2.75, 3.05) is 14.2 Å². The first kappa shape index (κ1) is 14.4. The molecule has 0 radical (unpaired) electrons. The number of pyridine rings is 1. The van der Waals surface area contributed by atoms with Gasteiger partial charge in [-0.3, -0.25) is 0 Å². The van der Waals surface area contributed by atoms with Crippen molar-refractivity contribution in [2.45, 2.75) is 0 Å². The van der Waals surface area contributed by atoms with Gasteiger partial charge < -0.3 is 25.2 Å². The third kappa shape index (κ3) is 2.97. The van der Waals surface area contributed by atoms with Crippen LogP contribution in [0.1, 0.15) is 5.69 Å². The van der Waals surface area contributed by atoms with Crippen LogP contribution >= 0.6 is 0 Å². The highest BCUT2D eigenvalue weighted by Crippen LogP contribution is 2.40. The van der Waals surface area contributed by atoms with E-state index in [9.17, 15) is 0 Å². The van der Waals surface area contributed by atoms with Gasteiger partial charge in [0.15, 0.2) is 28.8 Å². The Labute approximate surface area is 121 Å². The lowest BCUT2D eigenvalue weighted by molar-refractivity contribution is 0.318. The molecule has 0 fully saturated rings. The van der Waals surface area contributed by atoms with E-state index >= 15 is 0 Å². The van der Waals surface area contributed by atoms with Crippen molar-refractivity contribution in [1.82, 2.24) is 4.98 Å². The van der Waals surface area contributed by atoms with Gasteiger partial charge in [0.25, 0.3) is 0 Å². The predicted octanol–water partition coefficient (Wildman–Crippen LogP) is 1.99. The van der Waals surface area contributed by atoms with Gasteiger partial charge >= 0.3 is 0 Å². The van der Waals surface area contributed by atoms with Crippen molar-refractivity contribution in [1.29, 1.82) is 0 Å². The molecule has 0 saturated carbocycles. The SMILES string of the molecule is COc1cccc(OC)c1Oc1cccnc1/C(N)=N/O. The highest BCUT2D eigenvalue weighted by atomic mass is 16.5. The van der Waals surface area contributed by atoms with E-state index in [1.807, 2.05) is 0 Å². The Balaban J connectivity index is 2.48. The van der Waals surface area contributed by atoms with Crippen LogP contribution in [0.3, 0.4) is 0 Å². The highest BCUT2D eigenvalue weighted by molar-refractivity contribution is 5.97. The number of aromatic nitrogens is 1. The number of methoxy groups -OCH3 is 2. The Morgan fingerprint density at radius 1 is 1.10 bits per heavy atom. The van der Waals surface area contributed by atoms with E-state index in [2.05, 4.69) is 10.1 Å². The molecule has 0 bridgehead atoms. The second kappa shape index (κ2) is 6.47. The molecule has 2 rings (SSSR count). The lowest BCUT2D eigenvalue weighted by atomic mass is 10.2. The van der Waals surface area contributed by atoms with Crippen molar-refractivity contribution in [3.05, 3.63) is 42.2 Å². The number of hydrogen-bond donors (Lipinski definition) is 2. The molecule has 0 atom stereocenters. The number of para-hydroxylation sites is 1. The molecule has 0 spiro atoms. The number of nitrogens with two attached hydrogens (primary N) is 1. The maximum absolute atomic E-state index is 8.80. The molecule has 1 aromatic heterocycles. The fraction of sp³-hybridized carbons (Fsp3) is 0.143. The van der Waals surface area contributed by atoms with E-state index in [1.54, 1.807) is 30.3 Å². The first-order chi connectivity index (χ1) is 10.2. The quantitative estimate of drug-likeness (QED) is 0.378. The molecule has 0 aliphatic rings. The van der Waals surface area contributed by atoms with Crippen LogP contribution in [0.15, 0.2) is 41.7 Å². The van der Waals surface area contributed by atoms with Gasteiger partial charge in [-0.1, -0.05) is 11.2 Å². The van der Waals surface area contributed by atoms with Crippen LogP contribution in [0, 0.1) is 0 Å². The lowest BCUT2D eigenvalue weighted by Gasteiger charge is -2.15. The molecule has 110 valence electrons. The first-order valence-electron chi connectivity index (χ1n) is 6.03. The third-order valence-electron chi connectivity index (χ3n) is 2.72. The molecule has 1 heterocycles. The van der Waals surface area contributed by atoms with Gasteiger partial charge in [-0.15, -0.1) is 0 Å². The minimum Gasteiger partial charge on any atom is -0.493 e. The lowest BCUT2D eigenvalue weighted by Crippen LogP contribution is -2.16. The maximum atomic E-state index is 8.80. The third-order valence-corrected chi connectivity index (χ3v) is 2.72. The minimum absolute atomic E-state index is 0.153. The van der Waals surface area contributed by atoms with Crippen LogP contribution in [-0.4, -0.2) is 30.2 Å². The molecule has 0 aliphatic carbocycles. The summed E-state index contributed by atoms with van der Waals surface area (Å²) in [5, 5.41) is 11.7. The highest BCUT2D eigenvalue weighted by Gasteiger charge is 2.16. The summed E-state index contributed by atoms with van der Waals surface area (Å²) in [7, 11) is 3.05. The number of oxime groups is 1. The molecule has 21 heavy (non-hydrogen) atoms. The Hall–Kier alpha value is -2.96. The van der Waals surface area contributed by atoms with E-state index < -0.39 is 0 Å². The molecule has 0 amide bonds. The topological polar surface area (TPSA) is 99.2 Å². The van der Waals surface area contributed by atoms with Crippen molar-refractivity contribution in [2.24, 2.45) is 10.9 Å². The number of benzene rings is 1. The van der Waals surface area contributed by atoms with Gasteiger partial charge in [-0.25, -0.2) is 4.98 Å². The normalized spacial score (nSPS) is 11.0. The molecule has 3 N–H and O–H groups in total. The minimum atomic E-state index is -0.153. The van der Waals surface area contributed by atoms with Crippen molar-refractivity contribution < 1.29 is 19.4 Å². The largest absolute Gasteiger partial charge is 0.493 e. The molecular formula is C14H15N3O4. The standard InChI is InChI=1S/C14H15N3O4/c1-19-10-5-3-6-11(20-2)13(10)21-9-7-4-8-16-12(9)14(15)17-18/h3-8,18H,1-2H3,(H2,15,17). The van der Waals surface area contributed by atoms with E-state index in [0.717, 1.165) is 0 Å². The van der Waals surface area contributed by atoms with Gasteiger partial charge in [0.05, 0.1) is 14.2 Å².